The van der Waals surface area contributed by atoms with Gasteiger partial charge in [0.25, 0.3) is 5.91 Å². The highest BCUT2D eigenvalue weighted by molar-refractivity contribution is 5.94. The molecule has 1 aliphatic rings. The fraction of sp³-hybridized carbons (Fsp3) is 0.400. The van der Waals surface area contributed by atoms with Crippen LogP contribution in [-0.2, 0) is 0 Å². The normalized spacial score (nSPS) is 21.9. The summed E-state index contributed by atoms with van der Waals surface area (Å²) in [5.41, 5.74) is 6.51. The third-order valence-corrected chi connectivity index (χ3v) is 4.04. The summed E-state index contributed by atoms with van der Waals surface area (Å²) in [6.07, 6.45) is 4.28. The maximum absolute atomic E-state index is 14.2. The van der Waals surface area contributed by atoms with Crippen LogP contribution in [0.2, 0.25) is 0 Å². The van der Waals surface area contributed by atoms with E-state index in [-0.39, 0.29) is 23.7 Å². The number of carbonyl (C=O) groups excluding carboxylic acids is 1. The average Bonchev–Trinajstić information content (AvgIpc) is 3.00. The van der Waals surface area contributed by atoms with Crippen LogP contribution in [-0.4, -0.2) is 44.2 Å². The molecule has 2 aromatic rings. The molecule has 2 N–H and O–H groups in total. The van der Waals surface area contributed by atoms with Gasteiger partial charge >= 0.3 is 0 Å². The smallest absolute Gasteiger partial charge is 0.254 e. The number of hydrogen-bond donors (Lipinski definition) is 1. The Morgan fingerprint density at radius 2 is 2.27 bits per heavy atom. The molecule has 1 aliphatic heterocycles. The van der Waals surface area contributed by atoms with Crippen molar-refractivity contribution in [2.24, 2.45) is 5.73 Å². The maximum Gasteiger partial charge on any atom is 0.254 e. The Morgan fingerprint density at radius 1 is 1.45 bits per heavy atom. The summed E-state index contributed by atoms with van der Waals surface area (Å²) in [7, 11) is 0. The number of hydrogen-bond acceptors (Lipinski definition) is 4. The second kappa shape index (κ2) is 5.84. The van der Waals surface area contributed by atoms with Crippen molar-refractivity contribution in [1.29, 1.82) is 0 Å². The molecule has 7 heteroatoms. The van der Waals surface area contributed by atoms with Gasteiger partial charge in [0.05, 0.1) is 0 Å². The van der Waals surface area contributed by atoms with Gasteiger partial charge in [-0.1, -0.05) is 0 Å². The number of aromatic nitrogens is 3. The highest BCUT2D eigenvalue weighted by Gasteiger charge is 2.28. The van der Waals surface area contributed by atoms with Crippen LogP contribution >= 0.6 is 0 Å². The molecule has 6 nitrogen and oxygen atoms in total. The summed E-state index contributed by atoms with van der Waals surface area (Å²) in [4.78, 5) is 18.1. The van der Waals surface area contributed by atoms with Gasteiger partial charge in [-0.3, -0.25) is 4.79 Å². The molecule has 2 heterocycles. The lowest BCUT2D eigenvalue weighted by Crippen LogP contribution is -2.48. The lowest BCUT2D eigenvalue weighted by atomic mass is 9.98. The number of halogens is 1. The summed E-state index contributed by atoms with van der Waals surface area (Å²) >= 11 is 0. The van der Waals surface area contributed by atoms with Crippen molar-refractivity contribution in [2.45, 2.75) is 31.8 Å². The summed E-state index contributed by atoms with van der Waals surface area (Å²) in [6.45, 7) is 2.57. The Bertz CT molecular complexity index is 673. The highest BCUT2D eigenvalue weighted by atomic mass is 19.1. The van der Waals surface area contributed by atoms with E-state index >= 15 is 0 Å². The van der Waals surface area contributed by atoms with Gasteiger partial charge in [-0.05, 0) is 38.0 Å². The molecule has 0 saturated carbocycles. The van der Waals surface area contributed by atoms with E-state index in [4.69, 9.17) is 5.73 Å². The van der Waals surface area contributed by atoms with E-state index in [1.54, 1.807) is 11.0 Å². The zero-order chi connectivity index (χ0) is 15.7. The fourth-order valence-electron chi connectivity index (χ4n) is 2.83. The SMILES string of the molecule is CC1CC(N)CCN1C(=O)c1ccc(-n2cncn2)c(F)c1. The van der Waals surface area contributed by atoms with Crippen LogP contribution in [0.5, 0.6) is 0 Å². The zero-order valence-corrected chi connectivity index (χ0v) is 12.3. The monoisotopic (exact) mass is 303 g/mol. The second-order valence-corrected chi connectivity index (χ2v) is 5.64. The van der Waals surface area contributed by atoms with Crippen LogP contribution in [0.4, 0.5) is 4.39 Å². The number of nitrogens with zero attached hydrogens (tertiary/aromatic N) is 4. The average molecular weight is 303 g/mol. The molecule has 116 valence electrons. The molecule has 2 unspecified atom stereocenters. The Morgan fingerprint density at radius 3 is 2.91 bits per heavy atom. The standard InChI is InChI=1S/C15H18FN5O/c1-10-6-12(17)4-5-20(10)15(22)11-2-3-14(13(16)7-11)21-9-18-8-19-21/h2-3,7-10,12H,4-6,17H2,1H3. The molecule has 1 fully saturated rings. The number of piperidine rings is 1. The molecule has 0 spiro atoms. The van der Waals surface area contributed by atoms with E-state index in [9.17, 15) is 9.18 Å². The molecular formula is C15H18FN5O. The van der Waals surface area contributed by atoms with Gasteiger partial charge in [0.15, 0.2) is 0 Å². The molecule has 1 amide bonds. The van der Waals surface area contributed by atoms with Gasteiger partial charge < -0.3 is 10.6 Å². The van der Waals surface area contributed by atoms with Crippen molar-refractivity contribution < 1.29 is 9.18 Å². The predicted molar refractivity (Wildman–Crippen MR) is 79.0 cm³/mol. The third-order valence-electron chi connectivity index (χ3n) is 4.04. The van der Waals surface area contributed by atoms with Crippen LogP contribution in [0.15, 0.2) is 30.9 Å². The largest absolute Gasteiger partial charge is 0.336 e. The minimum Gasteiger partial charge on any atom is -0.336 e. The fourth-order valence-corrected chi connectivity index (χ4v) is 2.83. The molecular weight excluding hydrogens is 285 g/mol. The second-order valence-electron chi connectivity index (χ2n) is 5.64. The van der Waals surface area contributed by atoms with Crippen molar-refractivity contribution in [1.82, 2.24) is 19.7 Å². The number of carbonyl (C=O) groups is 1. The van der Waals surface area contributed by atoms with E-state index in [2.05, 4.69) is 10.1 Å². The lowest BCUT2D eigenvalue weighted by Gasteiger charge is -2.36. The highest BCUT2D eigenvalue weighted by Crippen LogP contribution is 2.21. The summed E-state index contributed by atoms with van der Waals surface area (Å²) in [5, 5.41) is 3.89. The van der Waals surface area contributed by atoms with Gasteiger partial charge in [-0.2, -0.15) is 5.10 Å². The Labute approximate surface area is 127 Å². The quantitative estimate of drug-likeness (QED) is 0.908. The number of rotatable bonds is 2. The van der Waals surface area contributed by atoms with E-state index in [1.165, 1.54) is 29.5 Å². The van der Waals surface area contributed by atoms with Gasteiger partial charge in [0.2, 0.25) is 0 Å². The first kappa shape index (κ1) is 14.6. The zero-order valence-electron chi connectivity index (χ0n) is 12.3. The molecule has 1 aromatic heterocycles. The Kier molecular flexibility index (Phi) is 3.89. The molecule has 22 heavy (non-hydrogen) atoms. The van der Waals surface area contributed by atoms with Gasteiger partial charge in [-0.25, -0.2) is 14.1 Å². The van der Waals surface area contributed by atoms with Crippen molar-refractivity contribution in [2.75, 3.05) is 6.54 Å². The van der Waals surface area contributed by atoms with Gasteiger partial charge in [0.1, 0.15) is 24.2 Å². The molecule has 3 rings (SSSR count). The molecule has 1 saturated heterocycles. The summed E-state index contributed by atoms with van der Waals surface area (Å²) in [6, 6.07) is 4.60. The third kappa shape index (κ3) is 2.71. The van der Waals surface area contributed by atoms with Crippen LogP contribution in [0.3, 0.4) is 0 Å². The van der Waals surface area contributed by atoms with E-state index in [0.717, 1.165) is 12.8 Å². The molecule has 0 bridgehead atoms. The van der Waals surface area contributed by atoms with Crippen molar-refractivity contribution in [3.63, 3.8) is 0 Å². The van der Waals surface area contributed by atoms with Crippen LogP contribution in [0.25, 0.3) is 5.69 Å². The van der Waals surface area contributed by atoms with E-state index < -0.39 is 5.82 Å². The molecule has 0 aliphatic carbocycles. The van der Waals surface area contributed by atoms with Crippen LogP contribution in [0.1, 0.15) is 30.1 Å². The van der Waals surface area contributed by atoms with E-state index in [0.29, 0.717) is 12.1 Å². The van der Waals surface area contributed by atoms with Crippen molar-refractivity contribution in [3.8, 4) is 5.69 Å². The summed E-state index contributed by atoms with van der Waals surface area (Å²) < 4.78 is 15.5. The summed E-state index contributed by atoms with van der Waals surface area (Å²) in [5.74, 6) is -0.666. The number of likely N-dealkylation sites (tertiary alicyclic amines) is 1. The van der Waals surface area contributed by atoms with Crippen LogP contribution < -0.4 is 5.73 Å². The first-order valence-electron chi connectivity index (χ1n) is 7.27. The first-order chi connectivity index (χ1) is 10.6. The van der Waals surface area contributed by atoms with Gasteiger partial charge in [-0.15, -0.1) is 0 Å². The molecule has 1 aromatic carbocycles. The van der Waals surface area contributed by atoms with Crippen molar-refractivity contribution >= 4 is 5.91 Å². The minimum atomic E-state index is -0.502. The van der Waals surface area contributed by atoms with Crippen LogP contribution in [0, 0.1) is 5.82 Å². The predicted octanol–water partition coefficient (Wildman–Crippen LogP) is 1.36. The molecule has 2 atom stereocenters. The number of benzene rings is 1. The number of amides is 1. The maximum atomic E-state index is 14.2. The first-order valence-corrected chi connectivity index (χ1v) is 7.27. The molecule has 0 radical (unpaired) electrons. The Balaban J connectivity index is 1.83. The topological polar surface area (TPSA) is 77.0 Å². The van der Waals surface area contributed by atoms with Gasteiger partial charge in [0, 0.05) is 24.2 Å². The Hall–Kier alpha value is -2.28. The number of nitrogens with two attached hydrogens (primary N) is 1. The minimum absolute atomic E-state index is 0.0642. The lowest BCUT2D eigenvalue weighted by molar-refractivity contribution is 0.0618. The van der Waals surface area contributed by atoms with E-state index in [1.807, 2.05) is 6.92 Å². The van der Waals surface area contributed by atoms with Crippen molar-refractivity contribution in [3.05, 3.63) is 42.2 Å².